The van der Waals surface area contributed by atoms with Gasteiger partial charge in [0.15, 0.2) is 0 Å². The molecule has 0 radical (unpaired) electrons. The minimum Gasteiger partial charge on any atom is -0.256 e. The van der Waals surface area contributed by atoms with Crippen LogP contribution in [0.25, 0.3) is 71.6 Å². The van der Waals surface area contributed by atoms with Gasteiger partial charge < -0.3 is 0 Å². The Morgan fingerprint density at radius 2 is 1.11 bits per heavy atom. The van der Waals surface area contributed by atoms with Crippen LogP contribution < -0.4 is 0 Å². The monoisotopic (exact) mass is 574 g/mol. The summed E-state index contributed by atoms with van der Waals surface area (Å²) in [5.74, 6) is 0. The van der Waals surface area contributed by atoms with E-state index in [1.54, 1.807) is 0 Å². The van der Waals surface area contributed by atoms with E-state index in [4.69, 9.17) is 4.99 Å². The van der Waals surface area contributed by atoms with Gasteiger partial charge in [-0.2, -0.15) is 0 Å². The maximum atomic E-state index is 4.91. The van der Waals surface area contributed by atoms with Crippen LogP contribution in [0.3, 0.4) is 0 Å². The lowest BCUT2D eigenvalue weighted by Gasteiger charge is -2.18. The van der Waals surface area contributed by atoms with Crippen molar-refractivity contribution in [3.63, 3.8) is 0 Å². The third kappa shape index (κ3) is 4.77. The first kappa shape index (κ1) is 26.7. The molecule has 1 aromatic heterocycles. The van der Waals surface area contributed by atoms with Gasteiger partial charge in [-0.1, -0.05) is 127 Å². The number of aromatic nitrogens is 1. The van der Waals surface area contributed by atoms with E-state index in [1.165, 1.54) is 54.6 Å². The standard InChI is InChI=1S/C43H30N2/c1-2-10-30-19-20-32-13-9-26-44-43(32)40(30)28-45-35-24-22-31(23-25-35)41-36-14-5-7-16-38(36)42(39-17-8-6-15-37(39)41)34-21-18-29-11-3-4-12-33(29)27-34/h2-28H,1H3/b10-2-,45-28+. The molecule has 0 amide bonds. The van der Waals surface area contributed by atoms with Gasteiger partial charge in [-0.05, 0) is 91.3 Å². The first-order valence-corrected chi connectivity index (χ1v) is 15.4. The van der Waals surface area contributed by atoms with E-state index in [9.17, 15) is 0 Å². The Morgan fingerprint density at radius 1 is 0.533 bits per heavy atom. The second-order valence-electron chi connectivity index (χ2n) is 11.4. The summed E-state index contributed by atoms with van der Waals surface area (Å²) < 4.78 is 0. The molecule has 8 aromatic rings. The number of fused-ring (bicyclic) bond motifs is 4. The van der Waals surface area contributed by atoms with E-state index in [0.717, 1.165) is 27.7 Å². The Labute approximate surface area is 262 Å². The zero-order valence-corrected chi connectivity index (χ0v) is 25.0. The second-order valence-corrected chi connectivity index (χ2v) is 11.4. The number of pyridine rings is 1. The van der Waals surface area contributed by atoms with E-state index in [-0.39, 0.29) is 0 Å². The van der Waals surface area contributed by atoms with Crippen LogP contribution in [0.4, 0.5) is 5.69 Å². The minimum atomic E-state index is 0.902. The van der Waals surface area contributed by atoms with Crippen molar-refractivity contribution in [2.75, 3.05) is 0 Å². The Bertz CT molecular complexity index is 2370. The van der Waals surface area contributed by atoms with Crippen molar-refractivity contribution in [1.29, 1.82) is 0 Å². The predicted molar refractivity (Wildman–Crippen MR) is 194 cm³/mol. The van der Waals surface area contributed by atoms with Crippen molar-refractivity contribution < 1.29 is 0 Å². The number of allylic oxidation sites excluding steroid dienone is 1. The van der Waals surface area contributed by atoms with Crippen LogP contribution in [0.1, 0.15) is 18.1 Å². The van der Waals surface area contributed by atoms with Crippen LogP contribution in [-0.4, -0.2) is 11.2 Å². The van der Waals surface area contributed by atoms with Gasteiger partial charge in [0.05, 0.1) is 11.2 Å². The molecule has 8 rings (SSSR count). The number of rotatable bonds is 5. The fourth-order valence-corrected chi connectivity index (χ4v) is 6.59. The van der Waals surface area contributed by atoms with Crippen molar-refractivity contribution >= 4 is 61.2 Å². The average Bonchev–Trinajstić information content (AvgIpc) is 3.10. The SMILES string of the molecule is C/C=C\c1ccc2cccnc2c1/C=N/c1ccc(-c2c3ccccc3c(-c3ccc4ccccc4c3)c3ccccc23)cc1. The molecule has 212 valence electrons. The number of nitrogens with zero attached hydrogens (tertiary/aromatic N) is 2. The third-order valence-corrected chi connectivity index (χ3v) is 8.66. The fourth-order valence-electron chi connectivity index (χ4n) is 6.59. The Morgan fingerprint density at radius 3 is 1.80 bits per heavy atom. The molecule has 45 heavy (non-hydrogen) atoms. The highest BCUT2D eigenvalue weighted by atomic mass is 14.7. The van der Waals surface area contributed by atoms with E-state index < -0.39 is 0 Å². The van der Waals surface area contributed by atoms with Crippen LogP contribution >= 0.6 is 0 Å². The molecule has 0 N–H and O–H groups in total. The van der Waals surface area contributed by atoms with Gasteiger partial charge in [-0.25, -0.2) is 0 Å². The fraction of sp³-hybridized carbons (Fsp3) is 0.0233. The Hall–Kier alpha value is -5.86. The van der Waals surface area contributed by atoms with Gasteiger partial charge in [0.25, 0.3) is 0 Å². The molecule has 0 aliphatic carbocycles. The van der Waals surface area contributed by atoms with Gasteiger partial charge in [0.1, 0.15) is 0 Å². The third-order valence-electron chi connectivity index (χ3n) is 8.66. The molecule has 0 aliphatic rings. The highest BCUT2D eigenvalue weighted by Gasteiger charge is 2.16. The summed E-state index contributed by atoms with van der Waals surface area (Å²) in [6, 6.07) is 49.9. The van der Waals surface area contributed by atoms with Gasteiger partial charge in [0.2, 0.25) is 0 Å². The molecule has 2 heteroatoms. The normalized spacial score (nSPS) is 11.9. The zero-order chi connectivity index (χ0) is 30.2. The van der Waals surface area contributed by atoms with Crippen molar-refractivity contribution in [1.82, 2.24) is 4.98 Å². The molecule has 0 spiro atoms. The van der Waals surface area contributed by atoms with Crippen LogP contribution in [0.5, 0.6) is 0 Å². The van der Waals surface area contributed by atoms with Crippen molar-refractivity contribution in [3.8, 4) is 22.3 Å². The molecule has 0 unspecified atom stereocenters. The van der Waals surface area contributed by atoms with Gasteiger partial charge in [-0.3, -0.25) is 9.98 Å². The molecule has 0 saturated heterocycles. The number of aliphatic imine (C=N–C) groups is 1. The Balaban J connectivity index is 1.26. The maximum absolute atomic E-state index is 4.91. The Kier molecular flexibility index (Phi) is 6.73. The summed E-state index contributed by atoms with van der Waals surface area (Å²) in [5, 5.41) is 8.60. The predicted octanol–water partition coefficient (Wildman–Crippen LogP) is 11.8. The van der Waals surface area contributed by atoms with Crippen molar-refractivity contribution in [2.45, 2.75) is 6.92 Å². The number of hydrogen-bond acceptors (Lipinski definition) is 2. The van der Waals surface area contributed by atoms with Gasteiger partial charge >= 0.3 is 0 Å². The van der Waals surface area contributed by atoms with Crippen LogP contribution in [0.15, 0.2) is 157 Å². The van der Waals surface area contributed by atoms with Gasteiger partial charge in [-0.15, -0.1) is 0 Å². The first-order valence-electron chi connectivity index (χ1n) is 15.4. The molecule has 0 aliphatic heterocycles. The average molecular weight is 575 g/mol. The first-order chi connectivity index (χ1) is 22.3. The molecule has 1 heterocycles. The van der Waals surface area contributed by atoms with Crippen molar-refractivity contribution in [3.05, 3.63) is 163 Å². The minimum absolute atomic E-state index is 0.902. The quantitative estimate of drug-likeness (QED) is 0.148. The lowest BCUT2D eigenvalue weighted by atomic mass is 9.85. The van der Waals surface area contributed by atoms with Crippen molar-refractivity contribution in [2.24, 2.45) is 4.99 Å². The summed E-state index contributed by atoms with van der Waals surface area (Å²) in [6.45, 7) is 2.03. The summed E-state index contributed by atoms with van der Waals surface area (Å²) in [6.07, 6.45) is 7.95. The molecule has 0 fully saturated rings. The summed E-state index contributed by atoms with van der Waals surface area (Å²) in [5.41, 5.74) is 8.92. The smallest absolute Gasteiger partial charge is 0.0795 e. The molecular weight excluding hydrogens is 544 g/mol. The summed E-state index contributed by atoms with van der Waals surface area (Å²) in [4.78, 5) is 9.58. The molecule has 0 saturated carbocycles. The highest BCUT2D eigenvalue weighted by Crippen LogP contribution is 2.44. The molecule has 2 nitrogen and oxygen atoms in total. The topological polar surface area (TPSA) is 25.2 Å². The van der Waals surface area contributed by atoms with Crippen LogP contribution in [0, 0.1) is 0 Å². The summed E-state index contributed by atoms with van der Waals surface area (Å²) >= 11 is 0. The lowest BCUT2D eigenvalue weighted by molar-refractivity contribution is 1.40. The maximum Gasteiger partial charge on any atom is 0.0795 e. The largest absolute Gasteiger partial charge is 0.256 e. The van der Waals surface area contributed by atoms with Gasteiger partial charge in [0, 0.05) is 23.4 Å². The lowest BCUT2D eigenvalue weighted by Crippen LogP contribution is -1.92. The van der Waals surface area contributed by atoms with E-state index in [2.05, 4.69) is 151 Å². The van der Waals surface area contributed by atoms with Crippen LogP contribution in [0.2, 0.25) is 0 Å². The molecular formula is C43H30N2. The molecule has 0 bridgehead atoms. The van der Waals surface area contributed by atoms with E-state index in [1.807, 2.05) is 25.4 Å². The number of hydrogen-bond donors (Lipinski definition) is 0. The molecule has 0 atom stereocenters. The van der Waals surface area contributed by atoms with E-state index >= 15 is 0 Å². The second kappa shape index (κ2) is 11.3. The summed E-state index contributed by atoms with van der Waals surface area (Å²) in [7, 11) is 0. The highest BCUT2D eigenvalue weighted by molar-refractivity contribution is 6.21. The number of benzene rings is 7. The van der Waals surface area contributed by atoms with Crippen LogP contribution in [-0.2, 0) is 0 Å². The molecule has 7 aromatic carbocycles. The zero-order valence-electron chi connectivity index (χ0n) is 25.0. The van der Waals surface area contributed by atoms with E-state index in [0.29, 0.717) is 0 Å².